The van der Waals surface area contributed by atoms with Gasteiger partial charge in [-0.1, -0.05) is 0 Å². The molecule has 5 heteroatoms. The Morgan fingerprint density at radius 2 is 2.00 bits per heavy atom. The first-order chi connectivity index (χ1) is 8.71. The Kier molecular flexibility index (Phi) is 3.74. The highest BCUT2D eigenvalue weighted by atomic mass is 16.5. The molecule has 0 fully saturated rings. The van der Waals surface area contributed by atoms with E-state index >= 15 is 0 Å². The summed E-state index contributed by atoms with van der Waals surface area (Å²) in [7, 11) is 1.60. The number of aromatic nitrogens is 2. The van der Waals surface area contributed by atoms with Crippen molar-refractivity contribution < 1.29 is 9.47 Å². The monoisotopic (exact) mass is 245 g/mol. The first kappa shape index (κ1) is 12.3. The number of ether oxygens (including phenoxy) is 2. The van der Waals surface area contributed by atoms with Crippen LogP contribution in [0.4, 0.5) is 0 Å². The lowest BCUT2D eigenvalue weighted by Gasteiger charge is -2.08. The summed E-state index contributed by atoms with van der Waals surface area (Å²) in [5, 5.41) is 0. The third kappa shape index (κ3) is 2.95. The number of methoxy groups -OCH3 is 1. The minimum Gasteiger partial charge on any atom is -0.497 e. The van der Waals surface area contributed by atoms with Crippen molar-refractivity contribution in [2.75, 3.05) is 7.11 Å². The van der Waals surface area contributed by atoms with Gasteiger partial charge in [0.25, 0.3) is 0 Å². The lowest BCUT2D eigenvalue weighted by molar-refractivity contribution is 0.403. The van der Waals surface area contributed by atoms with Gasteiger partial charge in [0.1, 0.15) is 11.5 Å². The van der Waals surface area contributed by atoms with Crippen LogP contribution in [0.2, 0.25) is 0 Å². The molecule has 1 heterocycles. The van der Waals surface area contributed by atoms with Crippen LogP contribution in [0.3, 0.4) is 0 Å². The SMILES string of the molecule is COc1cc(CN)cc(Oc2nccc(C)n2)c1. The molecule has 5 nitrogen and oxygen atoms in total. The molecule has 2 N–H and O–H groups in total. The van der Waals surface area contributed by atoms with Gasteiger partial charge in [0.05, 0.1) is 7.11 Å². The molecular weight excluding hydrogens is 230 g/mol. The fourth-order valence-electron chi connectivity index (χ4n) is 1.51. The van der Waals surface area contributed by atoms with Gasteiger partial charge in [0, 0.05) is 24.5 Å². The van der Waals surface area contributed by atoms with Gasteiger partial charge >= 0.3 is 6.01 Å². The first-order valence-electron chi connectivity index (χ1n) is 5.57. The lowest BCUT2D eigenvalue weighted by atomic mass is 10.2. The van der Waals surface area contributed by atoms with Crippen LogP contribution in [0.15, 0.2) is 30.5 Å². The maximum Gasteiger partial charge on any atom is 0.322 e. The largest absolute Gasteiger partial charge is 0.497 e. The van der Waals surface area contributed by atoms with E-state index in [4.69, 9.17) is 15.2 Å². The summed E-state index contributed by atoms with van der Waals surface area (Å²) in [6.45, 7) is 2.30. The second kappa shape index (κ2) is 5.46. The molecule has 0 bridgehead atoms. The summed E-state index contributed by atoms with van der Waals surface area (Å²) < 4.78 is 10.8. The van der Waals surface area contributed by atoms with Crippen LogP contribution in [0.5, 0.6) is 17.5 Å². The molecule has 0 radical (unpaired) electrons. The maximum absolute atomic E-state index is 5.62. The van der Waals surface area contributed by atoms with E-state index in [0.717, 1.165) is 11.3 Å². The summed E-state index contributed by atoms with van der Waals surface area (Å²) in [4.78, 5) is 8.21. The fourth-order valence-corrected chi connectivity index (χ4v) is 1.51. The van der Waals surface area contributed by atoms with Crippen molar-refractivity contribution in [3.63, 3.8) is 0 Å². The van der Waals surface area contributed by atoms with Gasteiger partial charge in [-0.15, -0.1) is 0 Å². The molecule has 0 aliphatic heterocycles. The van der Waals surface area contributed by atoms with Gasteiger partial charge in [0.15, 0.2) is 0 Å². The van der Waals surface area contributed by atoms with Crippen molar-refractivity contribution in [1.29, 1.82) is 0 Å². The smallest absolute Gasteiger partial charge is 0.322 e. The standard InChI is InChI=1S/C13H15N3O2/c1-9-3-4-15-13(16-9)18-12-6-10(8-14)5-11(7-12)17-2/h3-7H,8,14H2,1-2H3. The second-order valence-electron chi connectivity index (χ2n) is 3.80. The van der Waals surface area contributed by atoms with E-state index in [1.807, 2.05) is 25.1 Å². The molecule has 0 saturated carbocycles. The van der Waals surface area contributed by atoms with E-state index in [0.29, 0.717) is 24.1 Å². The molecule has 0 spiro atoms. The van der Waals surface area contributed by atoms with Gasteiger partial charge < -0.3 is 15.2 Å². The Bertz CT molecular complexity index is 521. The molecular formula is C13H15N3O2. The average molecular weight is 245 g/mol. The van der Waals surface area contributed by atoms with Gasteiger partial charge in [-0.3, -0.25) is 0 Å². The van der Waals surface area contributed by atoms with Crippen LogP contribution in [0, 0.1) is 6.92 Å². The number of aryl methyl sites for hydroxylation is 1. The van der Waals surface area contributed by atoms with E-state index in [1.165, 1.54) is 0 Å². The summed E-state index contributed by atoms with van der Waals surface area (Å²) in [5.41, 5.74) is 7.39. The first-order valence-corrected chi connectivity index (χ1v) is 5.57. The van der Waals surface area contributed by atoms with E-state index in [1.54, 1.807) is 19.4 Å². The van der Waals surface area contributed by atoms with Crippen LogP contribution < -0.4 is 15.2 Å². The van der Waals surface area contributed by atoms with Gasteiger partial charge in [-0.2, -0.15) is 0 Å². The van der Waals surface area contributed by atoms with E-state index in [2.05, 4.69) is 9.97 Å². The zero-order valence-electron chi connectivity index (χ0n) is 10.4. The summed E-state index contributed by atoms with van der Waals surface area (Å²) in [6, 6.07) is 7.60. The fraction of sp³-hybridized carbons (Fsp3) is 0.231. The normalized spacial score (nSPS) is 10.2. The van der Waals surface area contributed by atoms with Gasteiger partial charge in [-0.25, -0.2) is 9.97 Å². The van der Waals surface area contributed by atoms with Crippen LogP contribution in [0.25, 0.3) is 0 Å². The highest BCUT2D eigenvalue weighted by Crippen LogP contribution is 2.25. The number of rotatable bonds is 4. The highest BCUT2D eigenvalue weighted by Gasteiger charge is 2.04. The Morgan fingerprint density at radius 3 is 2.67 bits per heavy atom. The molecule has 18 heavy (non-hydrogen) atoms. The van der Waals surface area contributed by atoms with Crippen molar-refractivity contribution in [2.24, 2.45) is 5.73 Å². The lowest BCUT2D eigenvalue weighted by Crippen LogP contribution is -1.99. The van der Waals surface area contributed by atoms with Crippen LogP contribution in [0.1, 0.15) is 11.3 Å². The summed E-state index contributed by atoms with van der Waals surface area (Å²) >= 11 is 0. The van der Waals surface area contributed by atoms with Crippen LogP contribution >= 0.6 is 0 Å². The molecule has 0 unspecified atom stereocenters. The van der Waals surface area contributed by atoms with Crippen molar-refractivity contribution in [2.45, 2.75) is 13.5 Å². The topological polar surface area (TPSA) is 70.3 Å². The van der Waals surface area contributed by atoms with E-state index in [9.17, 15) is 0 Å². The van der Waals surface area contributed by atoms with Crippen molar-refractivity contribution >= 4 is 0 Å². The molecule has 2 rings (SSSR count). The Balaban J connectivity index is 2.28. The Morgan fingerprint density at radius 1 is 1.22 bits per heavy atom. The zero-order valence-corrected chi connectivity index (χ0v) is 10.4. The molecule has 0 saturated heterocycles. The molecule has 2 aromatic rings. The molecule has 1 aromatic carbocycles. The minimum absolute atomic E-state index is 0.311. The summed E-state index contributed by atoms with van der Waals surface area (Å²) in [6.07, 6.45) is 1.65. The molecule has 0 atom stereocenters. The molecule has 0 aliphatic rings. The Hall–Kier alpha value is -2.14. The quantitative estimate of drug-likeness (QED) is 0.892. The van der Waals surface area contributed by atoms with Gasteiger partial charge in [-0.05, 0) is 30.7 Å². The van der Waals surface area contributed by atoms with E-state index < -0.39 is 0 Å². The minimum atomic E-state index is 0.311. The number of nitrogens with zero attached hydrogens (tertiary/aromatic N) is 2. The predicted molar refractivity (Wildman–Crippen MR) is 67.7 cm³/mol. The third-order valence-corrected chi connectivity index (χ3v) is 2.39. The molecule has 0 aliphatic carbocycles. The molecule has 94 valence electrons. The van der Waals surface area contributed by atoms with Crippen LogP contribution in [-0.4, -0.2) is 17.1 Å². The number of hydrogen-bond acceptors (Lipinski definition) is 5. The number of nitrogens with two attached hydrogens (primary N) is 1. The van der Waals surface area contributed by atoms with E-state index in [-0.39, 0.29) is 0 Å². The average Bonchev–Trinajstić information content (AvgIpc) is 2.38. The number of hydrogen-bond donors (Lipinski definition) is 1. The van der Waals surface area contributed by atoms with Crippen molar-refractivity contribution in [3.8, 4) is 17.5 Å². The van der Waals surface area contributed by atoms with Gasteiger partial charge in [0.2, 0.25) is 0 Å². The Labute approximate surface area is 106 Å². The van der Waals surface area contributed by atoms with Crippen molar-refractivity contribution in [3.05, 3.63) is 41.7 Å². The maximum atomic E-state index is 5.62. The van der Waals surface area contributed by atoms with Crippen LogP contribution in [-0.2, 0) is 6.54 Å². The summed E-state index contributed by atoms with van der Waals surface area (Å²) in [5.74, 6) is 1.31. The van der Waals surface area contributed by atoms with Crippen molar-refractivity contribution in [1.82, 2.24) is 9.97 Å². The predicted octanol–water partition coefficient (Wildman–Crippen LogP) is 2.04. The molecule has 1 aromatic heterocycles. The third-order valence-electron chi connectivity index (χ3n) is 2.39. The number of benzene rings is 1. The molecule has 0 amide bonds. The highest BCUT2D eigenvalue weighted by molar-refractivity contribution is 5.39. The second-order valence-corrected chi connectivity index (χ2v) is 3.80. The zero-order chi connectivity index (χ0) is 13.0.